The molecule has 11 heavy (non-hydrogen) atoms. The maximum Gasteiger partial charge on any atom is 0.0652 e. The summed E-state index contributed by atoms with van der Waals surface area (Å²) in [5, 5.41) is 4.25. The van der Waals surface area contributed by atoms with Crippen molar-refractivity contribution in [2.75, 3.05) is 20.3 Å². The molecule has 1 saturated carbocycles. The first kappa shape index (κ1) is 8.53. The third-order valence-electron chi connectivity index (χ3n) is 1.84. The fourth-order valence-corrected chi connectivity index (χ4v) is 1.21. The maximum atomic E-state index is 4.87. The SMILES string of the molecule is COCCNN=C1CCCC1. The average molecular weight is 156 g/mol. The first-order valence-electron chi connectivity index (χ1n) is 4.20. The van der Waals surface area contributed by atoms with E-state index < -0.39 is 0 Å². The van der Waals surface area contributed by atoms with Gasteiger partial charge in [0.15, 0.2) is 0 Å². The Morgan fingerprint density at radius 2 is 2.18 bits per heavy atom. The van der Waals surface area contributed by atoms with E-state index >= 15 is 0 Å². The molecule has 1 N–H and O–H groups in total. The molecule has 3 nitrogen and oxygen atoms in total. The third-order valence-corrected chi connectivity index (χ3v) is 1.84. The van der Waals surface area contributed by atoms with Crippen molar-refractivity contribution >= 4 is 5.71 Å². The minimum atomic E-state index is 0.733. The minimum Gasteiger partial charge on any atom is -0.383 e. The second-order valence-electron chi connectivity index (χ2n) is 2.79. The number of hydrogen-bond donors (Lipinski definition) is 1. The summed E-state index contributed by atoms with van der Waals surface area (Å²) in [6.07, 6.45) is 4.98. The van der Waals surface area contributed by atoms with Crippen molar-refractivity contribution in [2.24, 2.45) is 5.10 Å². The van der Waals surface area contributed by atoms with Gasteiger partial charge in [-0.15, -0.1) is 0 Å². The molecule has 0 aromatic heterocycles. The summed E-state index contributed by atoms with van der Waals surface area (Å²) < 4.78 is 4.87. The van der Waals surface area contributed by atoms with Gasteiger partial charge in [-0.05, 0) is 25.7 Å². The van der Waals surface area contributed by atoms with E-state index in [1.54, 1.807) is 7.11 Å². The van der Waals surface area contributed by atoms with Gasteiger partial charge in [0.1, 0.15) is 0 Å². The molecule has 64 valence electrons. The van der Waals surface area contributed by atoms with E-state index in [1.807, 2.05) is 0 Å². The Bertz CT molecular complexity index is 126. The number of ether oxygens (including phenoxy) is 1. The van der Waals surface area contributed by atoms with Crippen LogP contribution in [0.25, 0.3) is 0 Å². The summed E-state index contributed by atoms with van der Waals surface area (Å²) in [4.78, 5) is 0. The Labute approximate surface area is 67.8 Å². The quantitative estimate of drug-likeness (QED) is 0.489. The van der Waals surface area contributed by atoms with Gasteiger partial charge in [-0.25, -0.2) is 0 Å². The normalized spacial score (nSPS) is 17.0. The van der Waals surface area contributed by atoms with Gasteiger partial charge in [-0.2, -0.15) is 5.10 Å². The van der Waals surface area contributed by atoms with E-state index in [1.165, 1.54) is 31.4 Å². The number of nitrogens with zero attached hydrogens (tertiary/aromatic N) is 1. The molecule has 1 rings (SSSR count). The van der Waals surface area contributed by atoms with Crippen LogP contribution in [0.1, 0.15) is 25.7 Å². The molecule has 0 aromatic rings. The molecule has 3 heteroatoms. The van der Waals surface area contributed by atoms with Crippen LogP contribution in [-0.4, -0.2) is 26.0 Å². The van der Waals surface area contributed by atoms with Crippen LogP contribution in [-0.2, 0) is 4.74 Å². The predicted octanol–water partition coefficient (Wildman–Crippen LogP) is 1.15. The molecule has 1 aliphatic rings. The molecule has 0 saturated heterocycles. The number of hydrazone groups is 1. The van der Waals surface area contributed by atoms with E-state index in [2.05, 4.69) is 10.5 Å². The fourth-order valence-electron chi connectivity index (χ4n) is 1.21. The molecule has 1 fully saturated rings. The third kappa shape index (κ3) is 3.37. The van der Waals surface area contributed by atoms with Gasteiger partial charge in [0, 0.05) is 12.8 Å². The Morgan fingerprint density at radius 3 is 2.82 bits per heavy atom. The molecule has 0 aromatic carbocycles. The average Bonchev–Trinajstić information content (AvgIpc) is 2.50. The first-order chi connectivity index (χ1) is 5.43. The van der Waals surface area contributed by atoms with Crippen LogP contribution in [0.15, 0.2) is 5.10 Å². The van der Waals surface area contributed by atoms with E-state index in [0.717, 1.165) is 13.2 Å². The highest BCUT2D eigenvalue weighted by Gasteiger charge is 2.06. The summed E-state index contributed by atoms with van der Waals surface area (Å²) in [7, 11) is 1.70. The van der Waals surface area contributed by atoms with E-state index in [0.29, 0.717) is 0 Å². The molecule has 0 bridgehead atoms. The summed E-state index contributed by atoms with van der Waals surface area (Å²) >= 11 is 0. The van der Waals surface area contributed by atoms with Crippen molar-refractivity contribution in [1.82, 2.24) is 5.43 Å². The van der Waals surface area contributed by atoms with Gasteiger partial charge in [0.05, 0.1) is 13.2 Å². The molecule has 1 aliphatic carbocycles. The summed E-state index contributed by atoms with van der Waals surface area (Å²) in [5.74, 6) is 0. The Kier molecular flexibility index (Phi) is 3.98. The lowest BCUT2D eigenvalue weighted by atomic mass is 10.3. The Morgan fingerprint density at radius 1 is 1.45 bits per heavy atom. The molecular formula is C8H16N2O. The Balaban J connectivity index is 2.03. The highest BCUT2D eigenvalue weighted by atomic mass is 16.5. The highest BCUT2D eigenvalue weighted by molar-refractivity contribution is 5.85. The van der Waals surface area contributed by atoms with Crippen LogP contribution in [0.5, 0.6) is 0 Å². The summed E-state index contributed by atoms with van der Waals surface area (Å²) in [6, 6.07) is 0. The molecule has 0 heterocycles. The number of rotatable bonds is 4. The van der Waals surface area contributed by atoms with Crippen LogP contribution in [0.2, 0.25) is 0 Å². The highest BCUT2D eigenvalue weighted by Crippen LogP contribution is 2.13. The minimum absolute atomic E-state index is 0.733. The second-order valence-corrected chi connectivity index (χ2v) is 2.79. The van der Waals surface area contributed by atoms with Crippen LogP contribution in [0.3, 0.4) is 0 Å². The lowest BCUT2D eigenvalue weighted by molar-refractivity contribution is 0.200. The number of hydrogen-bond acceptors (Lipinski definition) is 3. The van der Waals surface area contributed by atoms with Crippen LogP contribution in [0.4, 0.5) is 0 Å². The zero-order valence-electron chi connectivity index (χ0n) is 7.10. The van der Waals surface area contributed by atoms with Crippen molar-refractivity contribution < 1.29 is 4.74 Å². The van der Waals surface area contributed by atoms with Gasteiger partial charge >= 0.3 is 0 Å². The van der Waals surface area contributed by atoms with Crippen LogP contribution >= 0.6 is 0 Å². The number of nitrogens with one attached hydrogen (secondary N) is 1. The molecule has 0 amide bonds. The van der Waals surface area contributed by atoms with Crippen LogP contribution < -0.4 is 5.43 Å². The standard InChI is InChI=1S/C8H16N2O/c1-11-7-6-9-10-8-4-2-3-5-8/h9H,2-7H2,1H3. The molecule has 0 spiro atoms. The summed E-state index contributed by atoms with van der Waals surface area (Å²) in [6.45, 7) is 1.55. The van der Waals surface area contributed by atoms with E-state index in [-0.39, 0.29) is 0 Å². The number of methoxy groups -OCH3 is 1. The molecule has 0 aliphatic heterocycles. The first-order valence-corrected chi connectivity index (χ1v) is 4.20. The molecule has 0 radical (unpaired) electrons. The topological polar surface area (TPSA) is 33.6 Å². The van der Waals surface area contributed by atoms with Gasteiger partial charge in [0.25, 0.3) is 0 Å². The summed E-state index contributed by atoms with van der Waals surface area (Å²) in [5.41, 5.74) is 4.31. The zero-order chi connectivity index (χ0) is 7.94. The predicted molar refractivity (Wildman–Crippen MR) is 45.8 cm³/mol. The van der Waals surface area contributed by atoms with Crippen molar-refractivity contribution in [3.63, 3.8) is 0 Å². The second kappa shape index (κ2) is 5.13. The van der Waals surface area contributed by atoms with E-state index in [9.17, 15) is 0 Å². The van der Waals surface area contributed by atoms with Crippen LogP contribution in [0, 0.1) is 0 Å². The monoisotopic (exact) mass is 156 g/mol. The zero-order valence-corrected chi connectivity index (χ0v) is 7.10. The fraction of sp³-hybridized carbons (Fsp3) is 0.875. The smallest absolute Gasteiger partial charge is 0.0652 e. The lowest BCUT2D eigenvalue weighted by Gasteiger charge is -1.99. The van der Waals surface area contributed by atoms with Gasteiger partial charge in [-0.1, -0.05) is 0 Å². The van der Waals surface area contributed by atoms with Gasteiger partial charge in [0.2, 0.25) is 0 Å². The van der Waals surface area contributed by atoms with Crippen molar-refractivity contribution in [3.05, 3.63) is 0 Å². The maximum absolute atomic E-state index is 4.87. The van der Waals surface area contributed by atoms with Crippen molar-refractivity contribution in [1.29, 1.82) is 0 Å². The molecule has 0 atom stereocenters. The van der Waals surface area contributed by atoms with Gasteiger partial charge < -0.3 is 10.2 Å². The lowest BCUT2D eigenvalue weighted by Crippen LogP contribution is -2.14. The van der Waals surface area contributed by atoms with E-state index in [4.69, 9.17) is 4.74 Å². The van der Waals surface area contributed by atoms with Crippen molar-refractivity contribution in [3.8, 4) is 0 Å². The molecular weight excluding hydrogens is 140 g/mol. The largest absolute Gasteiger partial charge is 0.383 e. The van der Waals surface area contributed by atoms with Crippen molar-refractivity contribution in [2.45, 2.75) is 25.7 Å². The molecule has 0 unspecified atom stereocenters. The van der Waals surface area contributed by atoms with Gasteiger partial charge in [-0.3, -0.25) is 0 Å². The Hall–Kier alpha value is -0.570.